The number of carboxylic acids is 2. The second kappa shape index (κ2) is 12.7. The van der Waals surface area contributed by atoms with Gasteiger partial charge in [-0.15, -0.1) is 0 Å². The Kier molecular flexibility index (Phi) is 10.00. The first-order valence-electron chi connectivity index (χ1n) is 10.5. The lowest BCUT2D eigenvalue weighted by Crippen LogP contribution is -2.42. The highest BCUT2D eigenvalue weighted by molar-refractivity contribution is 6.27. The third-order valence-electron chi connectivity index (χ3n) is 5.28. The quantitative estimate of drug-likeness (QED) is 0.654. The van der Waals surface area contributed by atoms with Crippen LogP contribution < -0.4 is 4.74 Å². The van der Waals surface area contributed by atoms with Gasteiger partial charge in [0.1, 0.15) is 5.75 Å². The molecule has 0 aromatic heterocycles. The molecule has 2 N–H and O–H groups in total. The zero-order valence-electron chi connectivity index (χ0n) is 18.2. The second-order valence-electron chi connectivity index (χ2n) is 7.60. The first kappa shape index (κ1) is 24.4. The van der Waals surface area contributed by atoms with E-state index >= 15 is 0 Å². The number of piperidine rings is 1. The highest BCUT2D eigenvalue weighted by Gasteiger charge is 2.22. The molecule has 0 unspecified atom stereocenters. The zero-order valence-corrected chi connectivity index (χ0v) is 18.2. The van der Waals surface area contributed by atoms with Gasteiger partial charge in [-0.3, -0.25) is 9.80 Å². The maximum Gasteiger partial charge on any atom is 0.414 e. The largest absolute Gasteiger partial charge is 0.494 e. The fraction of sp³-hybridized carbons (Fsp3) is 0.417. The van der Waals surface area contributed by atoms with Crippen molar-refractivity contribution in [1.82, 2.24) is 9.80 Å². The van der Waals surface area contributed by atoms with Crippen LogP contribution in [-0.2, 0) is 22.7 Å². The molecule has 3 rings (SSSR count). The van der Waals surface area contributed by atoms with Gasteiger partial charge < -0.3 is 14.9 Å². The molecule has 31 heavy (non-hydrogen) atoms. The summed E-state index contributed by atoms with van der Waals surface area (Å²) >= 11 is 0. The summed E-state index contributed by atoms with van der Waals surface area (Å²) in [5, 5.41) is 14.8. The first-order valence-corrected chi connectivity index (χ1v) is 10.5. The lowest BCUT2D eigenvalue weighted by Gasteiger charge is -2.36. The molecule has 1 aliphatic heterocycles. The number of ether oxygens (including phenoxy) is 1. The van der Waals surface area contributed by atoms with E-state index in [0.717, 1.165) is 25.4 Å². The number of aliphatic carboxylic acids is 2. The number of nitrogens with zero attached hydrogens (tertiary/aromatic N) is 2. The van der Waals surface area contributed by atoms with Gasteiger partial charge in [-0.05, 0) is 63.2 Å². The average molecular weight is 429 g/mol. The average Bonchev–Trinajstić information content (AvgIpc) is 2.77. The van der Waals surface area contributed by atoms with E-state index in [-0.39, 0.29) is 0 Å². The molecule has 1 fully saturated rings. The van der Waals surface area contributed by atoms with Crippen LogP contribution in [0.15, 0.2) is 54.6 Å². The Hall–Kier alpha value is -2.90. The Bertz CT molecular complexity index is 790. The standard InChI is InChI=1S/C22H30N2O.C2H2O4/c1-3-25-22-11-9-20(10-12-22)18-24-15-13-21(14-16-24)23(2)17-19-7-5-4-6-8-19;3-1(4)2(5)6/h4-12,21H,3,13-18H2,1-2H3;(H,3,4)(H,5,6). The summed E-state index contributed by atoms with van der Waals surface area (Å²) in [7, 11) is 2.26. The van der Waals surface area contributed by atoms with Gasteiger partial charge in [0.05, 0.1) is 6.61 Å². The molecule has 7 nitrogen and oxygen atoms in total. The normalized spacial score (nSPS) is 14.5. The maximum atomic E-state index is 9.10. The number of likely N-dealkylation sites (tertiary alicyclic amines) is 1. The molecule has 0 atom stereocenters. The molecule has 2 aromatic carbocycles. The lowest BCUT2D eigenvalue weighted by molar-refractivity contribution is -0.159. The molecule has 0 spiro atoms. The van der Waals surface area contributed by atoms with Gasteiger partial charge in [0.2, 0.25) is 0 Å². The van der Waals surface area contributed by atoms with Crippen molar-refractivity contribution in [2.75, 3.05) is 26.7 Å². The number of hydrogen-bond acceptors (Lipinski definition) is 5. The third-order valence-corrected chi connectivity index (χ3v) is 5.28. The summed E-state index contributed by atoms with van der Waals surface area (Å²) in [5.41, 5.74) is 2.78. The van der Waals surface area contributed by atoms with E-state index in [1.54, 1.807) is 0 Å². The highest BCUT2D eigenvalue weighted by atomic mass is 16.5. The Balaban J connectivity index is 0.000000501. The fourth-order valence-electron chi connectivity index (χ4n) is 3.63. The molecule has 0 aliphatic carbocycles. The van der Waals surface area contributed by atoms with E-state index < -0.39 is 11.9 Å². The van der Waals surface area contributed by atoms with Crippen LogP contribution in [0.25, 0.3) is 0 Å². The summed E-state index contributed by atoms with van der Waals surface area (Å²) < 4.78 is 5.52. The van der Waals surface area contributed by atoms with Crippen molar-refractivity contribution in [2.45, 2.75) is 38.9 Å². The van der Waals surface area contributed by atoms with Crippen LogP contribution in [0.3, 0.4) is 0 Å². The number of carbonyl (C=O) groups is 2. The summed E-state index contributed by atoms with van der Waals surface area (Å²) in [6.45, 7) is 7.19. The summed E-state index contributed by atoms with van der Waals surface area (Å²) in [6, 6.07) is 20.0. The van der Waals surface area contributed by atoms with Gasteiger partial charge in [0, 0.05) is 19.1 Å². The molecule has 1 saturated heterocycles. The molecule has 0 radical (unpaired) electrons. The van der Waals surface area contributed by atoms with Crippen LogP contribution in [0, 0.1) is 0 Å². The van der Waals surface area contributed by atoms with Crippen LogP contribution in [0.5, 0.6) is 5.75 Å². The molecule has 1 aliphatic rings. The van der Waals surface area contributed by atoms with E-state index in [1.807, 2.05) is 6.92 Å². The first-order chi connectivity index (χ1) is 14.9. The van der Waals surface area contributed by atoms with Crippen molar-refractivity contribution < 1.29 is 24.5 Å². The molecule has 1 heterocycles. The van der Waals surface area contributed by atoms with Crippen molar-refractivity contribution in [3.05, 3.63) is 65.7 Å². The Morgan fingerprint density at radius 1 is 0.968 bits per heavy atom. The van der Waals surface area contributed by atoms with Gasteiger partial charge in [0.15, 0.2) is 0 Å². The molecular formula is C24H32N2O5. The van der Waals surface area contributed by atoms with E-state index in [4.69, 9.17) is 24.5 Å². The molecule has 0 amide bonds. The third kappa shape index (κ3) is 8.78. The molecule has 0 saturated carbocycles. The Morgan fingerprint density at radius 2 is 1.55 bits per heavy atom. The van der Waals surface area contributed by atoms with Crippen LogP contribution in [0.4, 0.5) is 0 Å². The number of carboxylic acid groups (broad SMARTS) is 2. The molecule has 168 valence electrons. The van der Waals surface area contributed by atoms with E-state index in [2.05, 4.69) is 71.4 Å². The van der Waals surface area contributed by atoms with Crippen LogP contribution in [0.2, 0.25) is 0 Å². The summed E-state index contributed by atoms with van der Waals surface area (Å²) in [5.74, 6) is -2.68. The zero-order chi connectivity index (χ0) is 22.6. The van der Waals surface area contributed by atoms with Crippen LogP contribution >= 0.6 is 0 Å². The topological polar surface area (TPSA) is 90.3 Å². The van der Waals surface area contributed by atoms with Gasteiger partial charge in [-0.2, -0.15) is 0 Å². The number of hydrogen-bond donors (Lipinski definition) is 2. The summed E-state index contributed by atoms with van der Waals surface area (Å²) in [4.78, 5) is 23.3. The van der Waals surface area contributed by atoms with Crippen LogP contribution in [-0.4, -0.2) is 64.7 Å². The monoisotopic (exact) mass is 428 g/mol. The minimum Gasteiger partial charge on any atom is -0.494 e. The number of benzene rings is 2. The van der Waals surface area contributed by atoms with Crippen molar-refractivity contribution in [2.24, 2.45) is 0 Å². The van der Waals surface area contributed by atoms with Gasteiger partial charge in [-0.25, -0.2) is 9.59 Å². The second-order valence-corrected chi connectivity index (χ2v) is 7.60. The Morgan fingerprint density at radius 3 is 2.06 bits per heavy atom. The smallest absolute Gasteiger partial charge is 0.414 e. The van der Waals surface area contributed by atoms with Gasteiger partial charge in [-0.1, -0.05) is 42.5 Å². The van der Waals surface area contributed by atoms with Crippen molar-refractivity contribution in [3.63, 3.8) is 0 Å². The molecular weight excluding hydrogens is 396 g/mol. The Labute approximate surface area is 183 Å². The van der Waals surface area contributed by atoms with E-state index in [0.29, 0.717) is 6.04 Å². The predicted molar refractivity (Wildman–Crippen MR) is 119 cm³/mol. The maximum absolute atomic E-state index is 9.10. The minimum atomic E-state index is -1.82. The molecule has 2 aromatic rings. The minimum absolute atomic E-state index is 0.691. The van der Waals surface area contributed by atoms with Gasteiger partial charge in [0.25, 0.3) is 0 Å². The van der Waals surface area contributed by atoms with E-state index in [1.165, 1.54) is 37.1 Å². The lowest BCUT2D eigenvalue weighted by atomic mass is 10.0. The fourth-order valence-corrected chi connectivity index (χ4v) is 3.63. The predicted octanol–water partition coefficient (Wildman–Crippen LogP) is 3.34. The highest BCUT2D eigenvalue weighted by Crippen LogP contribution is 2.20. The SMILES string of the molecule is CCOc1ccc(CN2CCC(N(C)Cc3ccccc3)CC2)cc1.O=C(O)C(=O)O. The van der Waals surface area contributed by atoms with Crippen molar-refractivity contribution >= 4 is 11.9 Å². The van der Waals surface area contributed by atoms with Crippen molar-refractivity contribution in [3.8, 4) is 5.75 Å². The molecule has 7 heteroatoms. The van der Waals surface area contributed by atoms with Crippen LogP contribution in [0.1, 0.15) is 30.9 Å². The van der Waals surface area contributed by atoms with Crippen molar-refractivity contribution in [1.29, 1.82) is 0 Å². The van der Waals surface area contributed by atoms with Gasteiger partial charge >= 0.3 is 11.9 Å². The summed E-state index contributed by atoms with van der Waals surface area (Å²) in [6.07, 6.45) is 2.50. The number of rotatable bonds is 7. The van der Waals surface area contributed by atoms with E-state index in [9.17, 15) is 0 Å². The molecule has 0 bridgehead atoms.